The van der Waals surface area contributed by atoms with E-state index in [1.54, 1.807) is 4.90 Å². The number of methoxy groups -OCH3 is 1. The van der Waals surface area contributed by atoms with E-state index in [0.717, 1.165) is 36.9 Å². The predicted molar refractivity (Wildman–Crippen MR) is 113 cm³/mol. The Morgan fingerprint density at radius 3 is 2.77 bits per heavy atom. The Morgan fingerprint density at radius 1 is 1.20 bits per heavy atom. The zero-order valence-electron chi connectivity index (χ0n) is 17.6. The van der Waals surface area contributed by atoms with Crippen LogP contribution >= 0.6 is 0 Å². The first-order valence-electron chi connectivity index (χ1n) is 10.6. The van der Waals surface area contributed by atoms with Crippen LogP contribution in [-0.2, 0) is 27.2 Å². The minimum atomic E-state index is -0.169. The van der Waals surface area contributed by atoms with E-state index < -0.39 is 0 Å². The summed E-state index contributed by atoms with van der Waals surface area (Å²) in [6.07, 6.45) is 3.93. The highest BCUT2D eigenvalue weighted by Gasteiger charge is 2.35. The molecule has 1 aromatic heterocycles. The van der Waals surface area contributed by atoms with Gasteiger partial charge in [-0.15, -0.1) is 0 Å². The summed E-state index contributed by atoms with van der Waals surface area (Å²) in [5.41, 5.74) is 2.92. The fourth-order valence-corrected chi connectivity index (χ4v) is 4.37. The van der Waals surface area contributed by atoms with Crippen molar-refractivity contribution < 1.29 is 14.3 Å². The van der Waals surface area contributed by atoms with Gasteiger partial charge in [-0.3, -0.25) is 14.5 Å². The molecule has 7 heteroatoms. The van der Waals surface area contributed by atoms with Crippen LogP contribution in [0.4, 0.5) is 5.82 Å². The van der Waals surface area contributed by atoms with Gasteiger partial charge < -0.3 is 9.64 Å². The summed E-state index contributed by atoms with van der Waals surface area (Å²) >= 11 is 0. The first kappa shape index (κ1) is 20.5. The maximum Gasteiger partial charge on any atom is 0.249 e. The number of ether oxygens (including phenoxy) is 1. The molecule has 0 radical (unpaired) electrons. The summed E-state index contributed by atoms with van der Waals surface area (Å²) in [7, 11) is 1.53. The number of hydrogen-bond acceptors (Lipinski definition) is 5. The third-order valence-corrected chi connectivity index (χ3v) is 5.95. The molecule has 158 valence electrons. The number of amides is 2. The van der Waals surface area contributed by atoms with Crippen molar-refractivity contribution in [1.29, 1.82) is 0 Å². The average Bonchev–Trinajstić information content (AvgIpc) is 3.09. The molecule has 1 fully saturated rings. The average molecular weight is 409 g/mol. The van der Waals surface area contributed by atoms with Crippen LogP contribution < -0.4 is 4.90 Å². The number of likely N-dealkylation sites (tertiary alicyclic amines) is 1. The Hall–Kier alpha value is -2.80. The molecule has 3 heterocycles. The molecule has 1 saturated heterocycles. The molecule has 0 aliphatic carbocycles. The monoisotopic (exact) mass is 408 g/mol. The lowest BCUT2D eigenvalue weighted by Gasteiger charge is -2.35. The molecule has 2 amide bonds. The topological polar surface area (TPSA) is 75.6 Å². The zero-order valence-corrected chi connectivity index (χ0v) is 17.6. The number of piperidine rings is 1. The summed E-state index contributed by atoms with van der Waals surface area (Å²) in [5, 5.41) is 0. The van der Waals surface area contributed by atoms with Gasteiger partial charge in [-0.1, -0.05) is 30.3 Å². The van der Waals surface area contributed by atoms with Crippen LogP contribution in [0, 0.1) is 6.92 Å². The second-order valence-corrected chi connectivity index (χ2v) is 7.96. The van der Waals surface area contributed by atoms with Crippen LogP contribution in [0.5, 0.6) is 0 Å². The molecule has 1 atom stereocenters. The van der Waals surface area contributed by atoms with Gasteiger partial charge in [-0.2, -0.15) is 0 Å². The third-order valence-electron chi connectivity index (χ3n) is 5.95. The summed E-state index contributed by atoms with van der Waals surface area (Å²) in [6.45, 7) is 3.26. The van der Waals surface area contributed by atoms with Crippen LogP contribution in [0.3, 0.4) is 0 Å². The molecule has 0 bridgehead atoms. The van der Waals surface area contributed by atoms with Gasteiger partial charge in [0.15, 0.2) is 5.82 Å². The van der Waals surface area contributed by atoms with E-state index in [9.17, 15) is 9.59 Å². The van der Waals surface area contributed by atoms with Crippen LogP contribution in [0.1, 0.15) is 47.9 Å². The Bertz CT molecular complexity index is 932. The number of hydrogen-bond donors (Lipinski definition) is 0. The van der Waals surface area contributed by atoms with Crippen molar-refractivity contribution in [2.45, 2.75) is 45.1 Å². The molecular formula is C23H28N4O3. The van der Waals surface area contributed by atoms with Crippen LogP contribution in [0.25, 0.3) is 0 Å². The lowest BCUT2D eigenvalue weighted by molar-refractivity contribution is -0.139. The highest BCUT2D eigenvalue weighted by Crippen LogP contribution is 2.34. The number of anilines is 1. The van der Waals surface area contributed by atoms with Crippen molar-refractivity contribution in [3.05, 3.63) is 53.0 Å². The van der Waals surface area contributed by atoms with Crippen LogP contribution in [0.2, 0.25) is 0 Å². The van der Waals surface area contributed by atoms with Gasteiger partial charge >= 0.3 is 0 Å². The molecule has 0 spiro atoms. The molecule has 0 N–H and O–H groups in total. The van der Waals surface area contributed by atoms with Gasteiger partial charge in [-0.25, -0.2) is 9.97 Å². The van der Waals surface area contributed by atoms with Gasteiger partial charge in [0.05, 0.1) is 12.5 Å². The summed E-state index contributed by atoms with van der Waals surface area (Å²) in [5.74, 6) is 1.37. The van der Waals surface area contributed by atoms with Gasteiger partial charge in [-0.05, 0) is 38.2 Å². The van der Waals surface area contributed by atoms with Crippen LogP contribution in [-0.4, -0.2) is 53.5 Å². The van der Waals surface area contributed by atoms with Gasteiger partial charge in [0.1, 0.15) is 12.4 Å². The highest BCUT2D eigenvalue weighted by atomic mass is 16.5. The number of fused-ring (bicyclic) bond motifs is 1. The molecule has 2 aromatic rings. The highest BCUT2D eigenvalue weighted by molar-refractivity contribution is 6.00. The van der Waals surface area contributed by atoms with Crippen molar-refractivity contribution in [1.82, 2.24) is 14.9 Å². The van der Waals surface area contributed by atoms with Gasteiger partial charge in [0.25, 0.3) is 0 Å². The number of aryl methyl sites for hydroxylation is 1. The second kappa shape index (κ2) is 8.92. The zero-order chi connectivity index (χ0) is 21.1. The molecule has 4 rings (SSSR count). The first-order chi connectivity index (χ1) is 14.6. The third kappa shape index (κ3) is 4.07. The fraction of sp³-hybridized carbons (Fsp3) is 0.478. The number of nitrogens with zero attached hydrogens (tertiary/aromatic N) is 4. The summed E-state index contributed by atoms with van der Waals surface area (Å²) in [4.78, 5) is 38.5. The van der Waals surface area contributed by atoms with Gasteiger partial charge in [0, 0.05) is 31.5 Å². The lowest BCUT2D eigenvalue weighted by atomic mass is 10.0. The smallest absolute Gasteiger partial charge is 0.249 e. The first-order valence-corrected chi connectivity index (χ1v) is 10.6. The molecule has 0 unspecified atom stereocenters. The van der Waals surface area contributed by atoms with Gasteiger partial charge in [0.2, 0.25) is 11.8 Å². The molecular weight excluding hydrogens is 380 g/mol. The standard InChI is InChI=1S/C23H28N4O3/c1-16-18-14-20(28)27(13-11-17-8-4-3-5-9-17)23(18)25-22(24-16)19-10-6-7-12-26(19)21(29)15-30-2/h3-5,8-9,19H,6-7,10-15H2,1-2H3/t19-/m1/s1. The number of aromatic nitrogens is 2. The molecule has 30 heavy (non-hydrogen) atoms. The van der Waals surface area contributed by atoms with E-state index in [1.807, 2.05) is 30.0 Å². The summed E-state index contributed by atoms with van der Waals surface area (Å²) in [6, 6.07) is 9.97. The van der Waals surface area contributed by atoms with Crippen LogP contribution in [0.15, 0.2) is 30.3 Å². The Balaban J connectivity index is 1.61. The van der Waals surface area contributed by atoms with Crippen molar-refractivity contribution in [3.63, 3.8) is 0 Å². The Labute approximate surface area is 177 Å². The molecule has 2 aliphatic rings. The van der Waals surface area contributed by atoms with E-state index >= 15 is 0 Å². The molecule has 0 saturated carbocycles. The lowest BCUT2D eigenvalue weighted by Crippen LogP contribution is -2.41. The summed E-state index contributed by atoms with van der Waals surface area (Å²) < 4.78 is 5.06. The number of benzene rings is 1. The molecule has 7 nitrogen and oxygen atoms in total. The Morgan fingerprint density at radius 2 is 2.00 bits per heavy atom. The van der Waals surface area contributed by atoms with Crippen molar-refractivity contribution in [3.8, 4) is 0 Å². The number of carbonyl (C=O) groups is 2. The van der Waals surface area contributed by atoms with Crippen molar-refractivity contribution in [2.24, 2.45) is 0 Å². The Kier molecular flexibility index (Phi) is 6.08. The maximum atomic E-state index is 12.7. The van der Waals surface area contributed by atoms with E-state index in [1.165, 1.54) is 12.7 Å². The normalized spacial score (nSPS) is 18.6. The largest absolute Gasteiger partial charge is 0.375 e. The maximum absolute atomic E-state index is 12.7. The van der Waals surface area contributed by atoms with E-state index in [4.69, 9.17) is 14.7 Å². The fourth-order valence-electron chi connectivity index (χ4n) is 4.37. The SMILES string of the molecule is COCC(=O)N1CCCC[C@@H]1c1nc(C)c2c(n1)N(CCc1ccccc1)C(=O)C2. The molecule has 1 aromatic carbocycles. The minimum absolute atomic E-state index is 0.0408. The molecule has 2 aliphatic heterocycles. The second-order valence-electron chi connectivity index (χ2n) is 7.96. The predicted octanol–water partition coefficient (Wildman–Crippen LogP) is 2.62. The van der Waals surface area contributed by atoms with E-state index in [2.05, 4.69) is 12.1 Å². The minimum Gasteiger partial charge on any atom is -0.375 e. The van der Waals surface area contributed by atoms with E-state index in [0.29, 0.717) is 31.2 Å². The number of rotatable bonds is 6. The van der Waals surface area contributed by atoms with Crippen molar-refractivity contribution >= 4 is 17.6 Å². The van der Waals surface area contributed by atoms with E-state index in [-0.39, 0.29) is 24.5 Å². The van der Waals surface area contributed by atoms with Crippen molar-refractivity contribution in [2.75, 3.05) is 31.7 Å². The number of carbonyl (C=O) groups excluding carboxylic acids is 2. The quantitative estimate of drug-likeness (QED) is 0.734.